The quantitative estimate of drug-likeness (QED) is 0.911. The van der Waals surface area contributed by atoms with E-state index in [1.54, 1.807) is 11.1 Å². The van der Waals surface area contributed by atoms with E-state index in [9.17, 15) is 9.59 Å². The second-order valence-electron chi connectivity index (χ2n) is 5.87. The Hall–Kier alpha value is -1.91. The van der Waals surface area contributed by atoms with E-state index in [0.29, 0.717) is 12.8 Å². The molecule has 1 aromatic rings. The van der Waals surface area contributed by atoms with Gasteiger partial charge in [0.2, 0.25) is 11.8 Å². The minimum absolute atomic E-state index is 0.0238. The number of amides is 2. The molecule has 1 N–H and O–H groups in total. The summed E-state index contributed by atoms with van der Waals surface area (Å²) in [5.74, 6) is 0.0525. The zero-order chi connectivity index (χ0) is 14.7. The van der Waals surface area contributed by atoms with Gasteiger partial charge in [-0.3, -0.25) is 14.6 Å². The summed E-state index contributed by atoms with van der Waals surface area (Å²) in [4.78, 5) is 30.3. The molecule has 1 aliphatic carbocycles. The zero-order valence-electron chi connectivity index (χ0n) is 12.1. The van der Waals surface area contributed by atoms with Crippen LogP contribution in [0.5, 0.6) is 0 Å². The predicted molar refractivity (Wildman–Crippen MR) is 78.5 cm³/mol. The Kier molecular flexibility index (Phi) is 4.18. The number of piperazine rings is 1. The first-order valence-electron chi connectivity index (χ1n) is 7.73. The molecule has 2 heterocycles. The van der Waals surface area contributed by atoms with Crippen molar-refractivity contribution in [3.8, 4) is 0 Å². The van der Waals surface area contributed by atoms with Crippen molar-refractivity contribution in [1.29, 1.82) is 0 Å². The maximum absolute atomic E-state index is 12.5. The minimum atomic E-state index is -0.0238. The van der Waals surface area contributed by atoms with Crippen molar-refractivity contribution < 1.29 is 9.59 Å². The number of carbonyl (C=O) groups is 2. The third-order valence-electron chi connectivity index (χ3n) is 4.43. The largest absolute Gasteiger partial charge is 0.350 e. The Morgan fingerprint density at radius 1 is 1.33 bits per heavy atom. The molecule has 112 valence electrons. The molecule has 0 spiro atoms. The number of rotatable bonds is 3. The smallest absolute Gasteiger partial charge is 0.239 e. The lowest BCUT2D eigenvalue weighted by Crippen LogP contribution is -2.62. The fraction of sp³-hybridized carbons (Fsp3) is 0.562. The minimum Gasteiger partial charge on any atom is -0.350 e. The number of aromatic nitrogens is 1. The van der Waals surface area contributed by atoms with Crippen LogP contribution in [-0.2, 0) is 16.0 Å². The monoisotopic (exact) mass is 287 g/mol. The van der Waals surface area contributed by atoms with Crippen molar-refractivity contribution in [3.05, 3.63) is 30.1 Å². The van der Waals surface area contributed by atoms with Crippen molar-refractivity contribution in [2.45, 2.75) is 50.6 Å². The van der Waals surface area contributed by atoms with Crippen molar-refractivity contribution in [2.75, 3.05) is 6.54 Å². The number of hydrogen-bond acceptors (Lipinski definition) is 3. The van der Waals surface area contributed by atoms with Crippen molar-refractivity contribution in [2.24, 2.45) is 0 Å². The molecule has 1 saturated carbocycles. The highest BCUT2D eigenvalue weighted by atomic mass is 16.2. The highest BCUT2D eigenvalue weighted by molar-refractivity contribution is 5.86. The number of hydrogen-bond donors (Lipinski definition) is 1. The molecule has 2 aliphatic rings. The molecule has 1 saturated heterocycles. The first-order valence-corrected chi connectivity index (χ1v) is 7.73. The van der Waals surface area contributed by atoms with Gasteiger partial charge in [-0.05, 0) is 31.4 Å². The van der Waals surface area contributed by atoms with Crippen LogP contribution in [0.25, 0.3) is 0 Å². The molecule has 2 atom stereocenters. The molecule has 5 heteroatoms. The molecule has 1 aliphatic heterocycles. The second-order valence-corrected chi connectivity index (χ2v) is 5.87. The maximum atomic E-state index is 12.5. The molecule has 0 aromatic carbocycles. The van der Waals surface area contributed by atoms with Gasteiger partial charge in [0.15, 0.2) is 0 Å². The Bertz CT molecular complexity index is 518. The van der Waals surface area contributed by atoms with Gasteiger partial charge in [0.05, 0.1) is 12.6 Å². The van der Waals surface area contributed by atoms with E-state index in [2.05, 4.69) is 10.3 Å². The highest BCUT2D eigenvalue weighted by Crippen LogP contribution is 2.26. The van der Waals surface area contributed by atoms with Gasteiger partial charge >= 0.3 is 0 Å². The van der Waals surface area contributed by atoms with Crippen LogP contribution in [0.2, 0.25) is 0 Å². The topological polar surface area (TPSA) is 62.3 Å². The molecule has 2 fully saturated rings. The van der Waals surface area contributed by atoms with Gasteiger partial charge in [-0.25, -0.2) is 0 Å². The Morgan fingerprint density at radius 3 is 3.00 bits per heavy atom. The molecular formula is C16H21N3O2. The van der Waals surface area contributed by atoms with Gasteiger partial charge in [0.1, 0.15) is 0 Å². The van der Waals surface area contributed by atoms with Gasteiger partial charge in [0, 0.05) is 24.4 Å². The van der Waals surface area contributed by atoms with E-state index in [1.165, 1.54) is 0 Å². The number of fused-ring (bicyclic) bond motifs is 1. The van der Waals surface area contributed by atoms with Crippen molar-refractivity contribution in [1.82, 2.24) is 15.2 Å². The standard InChI is InChI=1S/C16H21N3O2/c20-15-11-19(14-7-2-1-6-13(14)18-15)16(21)9-8-12-5-3-4-10-17-12/h3-5,10,13-14H,1-2,6-9,11H2,(H,18,20)/t13-,14+/m0/s1. The Balaban J connectivity index is 1.63. The molecule has 0 unspecified atom stereocenters. The van der Waals surface area contributed by atoms with Crippen LogP contribution in [-0.4, -0.2) is 40.3 Å². The zero-order valence-corrected chi connectivity index (χ0v) is 12.1. The van der Waals surface area contributed by atoms with Crippen molar-refractivity contribution in [3.63, 3.8) is 0 Å². The molecule has 2 amide bonds. The van der Waals surface area contributed by atoms with E-state index in [0.717, 1.165) is 31.4 Å². The summed E-state index contributed by atoms with van der Waals surface area (Å²) >= 11 is 0. The highest BCUT2D eigenvalue weighted by Gasteiger charge is 2.38. The van der Waals surface area contributed by atoms with E-state index in [1.807, 2.05) is 18.2 Å². The fourth-order valence-electron chi connectivity index (χ4n) is 3.37. The van der Waals surface area contributed by atoms with E-state index < -0.39 is 0 Å². The normalized spacial score (nSPS) is 25.1. The van der Waals surface area contributed by atoms with Gasteiger partial charge in [-0.15, -0.1) is 0 Å². The summed E-state index contributed by atoms with van der Waals surface area (Å²) in [6, 6.07) is 6.07. The van der Waals surface area contributed by atoms with Crippen LogP contribution in [0.3, 0.4) is 0 Å². The molecule has 21 heavy (non-hydrogen) atoms. The third-order valence-corrected chi connectivity index (χ3v) is 4.43. The first-order chi connectivity index (χ1) is 10.2. The fourth-order valence-corrected chi connectivity index (χ4v) is 3.37. The number of nitrogens with one attached hydrogen (secondary N) is 1. The summed E-state index contributed by atoms with van der Waals surface area (Å²) in [5, 5.41) is 3.03. The molecule has 3 rings (SSSR count). The molecular weight excluding hydrogens is 266 g/mol. The molecule has 0 bridgehead atoms. The number of pyridine rings is 1. The summed E-state index contributed by atoms with van der Waals surface area (Å²) < 4.78 is 0. The molecule has 5 nitrogen and oxygen atoms in total. The van der Waals surface area contributed by atoms with E-state index in [4.69, 9.17) is 0 Å². The Morgan fingerprint density at radius 2 is 2.19 bits per heavy atom. The lowest BCUT2D eigenvalue weighted by molar-refractivity contribution is -0.144. The van der Waals surface area contributed by atoms with Gasteiger partial charge in [-0.1, -0.05) is 18.9 Å². The van der Waals surface area contributed by atoms with Crippen LogP contribution in [0.1, 0.15) is 37.8 Å². The number of nitrogens with zero attached hydrogens (tertiary/aromatic N) is 2. The maximum Gasteiger partial charge on any atom is 0.239 e. The van der Waals surface area contributed by atoms with Crippen LogP contribution in [0.4, 0.5) is 0 Å². The summed E-state index contributed by atoms with van der Waals surface area (Å²) in [5.41, 5.74) is 0.924. The summed E-state index contributed by atoms with van der Waals surface area (Å²) in [6.07, 6.45) is 7.06. The SMILES string of the molecule is O=C1CN(C(=O)CCc2ccccn2)[C@@H]2CCCC[C@@H]2N1. The number of aryl methyl sites for hydroxylation is 1. The van der Waals surface area contributed by atoms with E-state index >= 15 is 0 Å². The summed E-state index contributed by atoms with van der Waals surface area (Å²) in [6.45, 7) is 0.211. The lowest BCUT2D eigenvalue weighted by Gasteiger charge is -2.44. The average molecular weight is 287 g/mol. The second kappa shape index (κ2) is 6.24. The van der Waals surface area contributed by atoms with Gasteiger partial charge in [-0.2, -0.15) is 0 Å². The predicted octanol–water partition coefficient (Wildman–Crippen LogP) is 1.28. The molecule has 0 radical (unpaired) electrons. The average Bonchev–Trinajstić information content (AvgIpc) is 2.52. The van der Waals surface area contributed by atoms with Crippen LogP contribution in [0, 0.1) is 0 Å². The van der Waals surface area contributed by atoms with Crippen LogP contribution >= 0.6 is 0 Å². The van der Waals surface area contributed by atoms with Crippen LogP contribution < -0.4 is 5.32 Å². The molecule has 1 aromatic heterocycles. The third kappa shape index (κ3) is 3.23. The Labute approximate surface area is 124 Å². The lowest BCUT2D eigenvalue weighted by atomic mass is 9.87. The van der Waals surface area contributed by atoms with Gasteiger partial charge < -0.3 is 10.2 Å². The summed E-state index contributed by atoms with van der Waals surface area (Å²) in [7, 11) is 0. The van der Waals surface area contributed by atoms with Crippen LogP contribution in [0.15, 0.2) is 24.4 Å². The van der Waals surface area contributed by atoms with Gasteiger partial charge in [0.25, 0.3) is 0 Å². The number of carbonyl (C=O) groups excluding carboxylic acids is 2. The first kappa shape index (κ1) is 14.0. The van der Waals surface area contributed by atoms with Crippen molar-refractivity contribution >= 4 is 11.8 Å². The van der Waals surface area contributed by atoms with E-state index in [-0.39, 0.29) is 30.4 Å².